The van der Waals surface area contributed by atoms with E-state index in [0.717, 1.165) is 17.8 Å². The molecule has 0 saturated heterocycles. The summed E-state index contributed by atoms with van der Waals surface area (Å²) in [5.41, 5.74) is 0.758. The second kappa shape index (κ2) is 6.24. The minimum atomic E-state index is -5.02. The molecule has 124 valence electrons. The molecule has 2 aromatic heterocycles. The highest BCUT2D eigenvalue weighted by atomic mass is 32.3. The minimum Gasteiger partial charge on any atom is -0.305 e. The zero-order valence-electron chi connectivity index (χ0n) is 12.2. The van der Waals surface area contributed by atoms with E-state index in [4.69, 9.17) is 0 Å². The molecule has 1 aromatic carbocycles. The van der Waals surface area contributed by atoms with E-state index in [1.807, 2.05) is 30.3 Å². The van der Waals surface area contributed by atoms with Gasteiger partial charge in [0.15, 0.2) is 5.69 Å². The lowest BCUT2D eigenvalue weighted by molar-refractivity contribution is 0.102. The smallest absolute Gasteiger partial charge is 0.305 e. The summed E-state index contributed by atoms with van der Waals surface area (Å²) < 4.78 is 35.9. The van der Waals surface area contributed by atoms with Crippen molar-refractivity contribution in [1.82, 2.24) is 19.0 Å². The first-order valence-electron chi connectivity index (χ1n) is 6.81. The molecule has 0 bridgehead atoms. The SMILES string of the molecule is O=C(Nc1ccnn1Cc1ccccc1)c1ccn(S(=O)(=O)F)n1. The third-order valence-electron chi connectivity index (χ3n) is 3.16. The molecule has 10 heteroatoms. The highest BCUT2D eigenvalue weighted by Gasteiger charge is 2.17. The van der Waals surface area contributed by atoms with E-state index in [1.54, 1.807) is 10.7 Å². The lowest BCUT2D eigenvalue weighted by atomic mass is 10.2. The molecule has 3 rings (SSSR count). The van der Waals surface area contributed by atoms with Crippen molar-refractivity contribution >= 4 is 22.1 Å². The number of carbonyl (C=O) groups is 1. The summed E-state index contributed by atoms with van der Waals surface area (Å²) in [6.07, 6.45) is 2.37. The Morgan fingerprint density at radius 1 is 1.17 bits per heavy atom. The van der Waals surface area contributed by atoms with E-state index in [9.17, 15) is 17.1 Å². The van der Waals surface area contributed by atoms with Crippen LogP contribution in [0.4, 0.5) is 9.70 Å². The van der Waals surface area contributed by atoms with E-state index >= 15 is 0 Å². The summed E-state index contributed by atoms with van der Waals surface area (Å²) in [6, 6.07) is 12.2. The largest absolute Gasteiger partial charge is 0.418 e. The highest BCUT2D eigenvalue weighted by Crippen LogP contribution is 2.12. The van der Waals surface area contributed by atoms with Crippen LogP contribution in [-0.2, 0) is 17.0 Å². The molecule has 0 unspecified atom stereocenters. The van der Waals surface area contributed by atoms with Crippen LogP contribution in [0.1, 0.15) is 16.1 Å². The van der Waals surface area contributed by atoms with E-state index in [2.05, 4.69) is 15.5 Å². The number of aromatic nitrogens is 4. The number of nitrogens with zero attached hydrogens (tertiary/aromatic N) is 4. The molecule has 0 aliphatic heterocycles. The summed E-state index contributed by atoms with van der Waals surface area (Å²) in [5.74, 6) is -0.270. The standard InChI is InChI=1S/C14H12FN5O3S/c15-24(22,23)20-9-7-12(18-20)14(21)17-13-6-8-16-19(13)10-11-4-2-1-3-5-11/h1-9H,10H2,(H,17,21). The van der Waals surface area contributed by atoms with Gasteiger partial charge in [-0.2, -0.15) is 18.6 Å². The van der Waals surface area contributed by atoms with E-state index in [1.165, 1.54) is 6.20 Å². The summed E-state index contributed by atoms with van der Waals surface area (Å²) >= 11 is 0. The number of amides is 1. The first-order chi connectivity index (χ1) is 11.4. The van der Waals surface area contributed by atoms with Crippen molar-refractivity contribution < 1.29 is 17.1 Å². The predicted octanol–water partition coefficient (Wildman–Crippen LogP) is 1.44. The summed E-state index contributed by atoms with van der Waals surface area (Å²) in [6.45, 7) is 0.441. The molecular weight excluding hydrogens is 337 g/mol. The summed E-state index contributed by atoms with van der Waals surface area (Å²) in [5, 5.41) is 10.1. The number of halogens is 1. The highest BCUT2D eigenvalue weighted by molar-refractivity contribution is 7.84. The number of benzene rings is 1. The average molecular weight is 349 g/mol. The maximum absolute atomic E-state index is 12.8. The van der Waals surface area contributed by atoms with Gasteiger partial charge in [0.1, 0.15) is 5.82 Å². The Morgan fingerprint density at radius 3 is 2.58 bits per heavy atom. The molecule has 0 atom stereocenters. The first-order valence-corrected chi connectivity index (χ1v) is 8.15. The molecule has 2 heterocycles. The predicted molar refractivity (Wildman–Crippen MR) is 83.4 cm³/mol. The van der Waals surface area contributed by atoms with Gasteiger partial charge in [0.2, 0.25) is 0 Å². The van der Waals surface area contributed by atoms with Crippen LogP contribution in [-0.4, -0.2) is 33.3 Å². The Bertz CT molecular complexity index is 965. The fourth-order valence-corrected chi connectivity index (χ4v) is 2.44. The maximum atomic E-state index is 12.8. The monoisotopic (exact) mass is 349 g/mol. The number of anilines is 1. The van der Waals surface area contributed by atoms with Crippen LogP contribution in [0.2, 0.25) is 0 Å². The average Bonchev–Trinajstić information content (AvgIpc) is 3.18. The van der Waals surface area contributed by atoms with Crippen molar-refractivity contribution in [3.63, 3.8) is 0 Å². The van der Waals surface area contributed by atoms with Crippen LogP contribution in [0.3, 0.4) is 0 Å². The molecule has 24 heavy (non-hydrogen) atoms. The quantitative estimate of drug-likeness (QED) is 0.703. The topological polar surface area (TPSA) is 98.9 Å². The second-order valence-corrected chi connectivity index (χ2v) is 6.03. The molecule has 0 saturated carbocycles. The summed E-state index contributed by atoms with van der Waals surface area (Å²) in [4.78, 5) is 12.1. The van der Waals surface area contributed by atoms with Crippen molar-refractivity contribution in [3.8, 4) is 0 Å². The van der Waals surface area contributed by atoms with Gasteiger partial charge in [-0.3, -0.25) is 4.79 Å². The van der Waals surface area contributed by atoms with Gasteiger partial charge < -0.3 is 5.32 Å². The molecule has 0 aliphatic carbocycles. The van der Waals surface area contributed by atoms with Crippen LogP contribution < -0.4 is 5.32 Å². The molecule has 0 spiro atoms. The maximum Gasteiger partial charge on any atom is 0.418 e. The van der Waals surface area contributed by atoms with Crippen molar-refractivity contribution in [1.29, 1.82) is 0 Å². The van der Waals surface area contributed by atoms with E-state index in [0.29, 0.717) is 12.4 Å². The van der Waals surface area contributed by atoms with Gasteiger partial charge in [-0.05, 0) is 11.6 Å². The van der Waals surface area contributed by atoms with Gasteiger partial charge in [0.05, 0.1) is 12.7 Å². The van der Waals surface area contributed by atoms with Crippen molar-refractivity contribution in [3.05, 3.63) is 66.1 Å². The zero-order valence-corrected chi connectivity index (χ0v) is 13.0. The van der Waals surface area contributed by atoms with Gasteiger partial charge in [-0.15, -0.1) is 4.09 Å². The van der Waals surface area contributed by atoms with Gasteiger partial charge >= 0.3 is 10.4 Å². The third kappa shape index (κ3) is 3.49. The van der Waals surface area contributed by atoms with Crippen molar-refractivity contribution in [2.24, 2.45) is 0 Å². The number of hydrogen-bond donors (Lipinski definition) is 1. The van der Waals surface area contributed by atoms with Gasteiger partial charge in [0.25, 0.3) is 5.91 Å². The number of rotatable bonds is 5. The second-order valence-electron chi connectivity index (χ2n) is 4.83. The molecule has 1 N–H and O–H groups in total. The third-order valence-corrected chi connectivity index (χ3v) is 3.81. The molecule has 1 amide bonds. The van der Waals surface area contributed by atoms with Gasteiger partial charge in [0, 0.05) is 12.3 Å². The Hall–Kier alpha value is -3.01. The molecular formula is C14H12FN5O3S. The van der Waals surface area contributed by atoms with E-state index < -0.39 is 16.3 Å². The summed E-state index contributed by atoms with van der Waals surface area (Å²) in [7, 11) is -5.02. The molecule has 0 fully saturated rings. The Kier molecular flexibility index (Phi) is 4.13. The fourth-order valence-electron chi connectivity index (χ4n) is 2.05. The normalized spacial score (nSPS) is 11.4. The Labute approximate surface area is 136 Å². The van der Waals surface area contributed by atoms with E-state index in [-0.39, 0.29) is 9.78 Å². The lowest BCUT2D eigenvalue weighted by Crippen LogP contribution is -2.17. The van der Waals surface area contributed by atoms with Crippen LogP contribution in [0, 0.1) is 0 Å². The van der Waals surface area contributed by atoms with Crippen LogP contribution in [0.5, 0.6) is 0 Å². The lowest BCUT2D eigenvalue weighted by Gasteiger charge is -2.08. The molecule has 3 aromatic rings. The van der Waals surface area contributed by atoms with Crippen molar-refractivity contribution in [2.75, 3.05) is 5.32 Å². The van der Waals surface area contributed by atoms with Gasteiger partial charge in [-0.25, -0.2) is 4.68 Å². The van der Waals surface area contributed by atoms with Crippen LogP contribution >= 0.6 is 0 Å². The Morgan fingerprint density at radius 2 is 1.92 bits per heavy atom. The number of nitrogens with one attached hydrogen (secondary N) is 1. The van der Waals surface area contributed by atoms with Crippen LogP contribution in [0.25, 0.3) is 0 Å². The Balaban J connectivity index is 1.76. The van der Waals surface area contributed by atoms with Crippen molar-refractivity contribution in [2.45, 2.75) is 6.54 Å². The van der Waals surface area contributed by atoms with Crippen LogP contribution in [0.15, 0.2) is 54.9 Å². The van der Waals surface area contributed by atoms with Gasteiger partial charge in [-0.1, -0.05) is 34.2 Å². The molecule has 8 nitrogen and oxygen atoms in total. The first kappa shape index (κ1) is 15.9. The fraction of sp³-hybridized carbons (Fsp3) is 0.0714. The zero-order chi connectivity index (χ0) is 17.2. The number of hydrogen-bond acceptors (Lipinski definition) is 5. The molecule has 0 radical (unpaired) electrons. The number of carbonyl (C=O) groups excluding carboxylic acids is 1. The molecule has 0 aliphatic rings. The minimum absolute atomic E-state index is 0.0865.